The fraction of sp³-hybridized carbons (Fsp3) is 0.167. The Morgan fingerprint density at radius 2 is 1.83 bits per heavy atom. The number of benzene rings is 1. The largest absolute Gasteiger partial charge is 0.435 e. The van der Waals surface area contributed by atoms with Crippen LogP contribution in [0.3, 0.4) is 0 Å². The first-order valence-electron chi connectivity index (χ1n) is 5.11. The fourth-order valence-corrected chi connectivity index (χ4v) is 1.94. The van der Waals surface area contributed by atoms with E-state index in [4.69, 9.17) is 0 Å². The summed E-state index contributed by atoms with van der Waals surface area (Å²) >= 11 is 3.28. The molecule has 18 heavy (non-hydrogen) atoms. The van der Waals surface area contributed by atoms with E-state index in [-0.39, 0.29) is 5.75 Å². The maximum Gasteiger partial charge on any atom is 0.387 e. The highest BCUT2D eigenvalue weighted by atomic mass is 79.9. The molecule has 94 valence electrons. The van der Waals surface area contributed by atoms with Gasteiger partial charge in [-0.15, -0.1) is 0 Å². The van der Waals surface area contributed by atoms with Crippen LogP contribution in [0.25, 0.3) is 11.4 Å². The van der Waals surface area contributed by atoms with Crippen molar-refractivity contribution in [2.24, 2.45) is 0 Å². The Hall–Kier alpha value is -1.56. The minimum Gasteiger partial charge on any atom is -0.435 e. The van der Waals surface area contributed by atoms with Gasteiger partial charge in [-0.25, -0.2) is 9.97 Å². The van der Waals surface area contributed by atoms with Gasteiger partial charge >= 0.3 is 6.61 Å². The topological polar surface area (TPSA) is 35.0 Å². The number of nitrogens with zero attached hydrogens (tertiary/aromatic N) is 2. The van der Waals surface area contributed by atoms with E-state index in [1.54, 1.807) is 18.2 Å². The van der Waals surface area contributed by atoms with Crippen molar-refractivity contribution in [3.8, 4) is 17.1 Å². The second-order valence-corrected chi connectivity index (χ2v) is 4.37. The highest BCUT2D eigenvalue weighted by molar-refractivity contribution is 9.10. The average molecular weight is 315 g/mol. The van der Waals surface area contributed by atoms with Gasteiger partial charge < -0.3 is 4.74 Å². The van der Waals surface area contributed by atoms with Crippen molar-refractivity contribution >= 4 is 15.9 Å². The summed E-state index contributed by atoms with van der Waals surface area (Å²) in [5.74, 6) is 0.644. The van der Waals surface area contributed by atoms with Crippen LogP contribution in [0.4, 0.5) is 8.78 Å². The number of halogens is 3. The van der Waals surface area contributed by atoms with Crippen molar-refractivity contribution < 1.29 is 13.5 Å². The molecule has 2 rings (SSSR count). The lowest BCUT2D eigenvalue weighted by Gasteiger charge is -2.06. The van der Waals surface area contributed by atoms with E-state index in [9.17, 15) is 8.78 Å². The third-order valence-corrected chi connectivity index (χ3v) is 2.57. The summed E-state index contributed by atoms with van der Waals surface area (Å²) in [6.45, 7) is -0.968. The summed E-state index contributed by atoms with van der Waals surface area (Å²) in [6.07, 6.45) is 0. The Balaban J connectivity index is 2.28. The number of aryl methyl sites for hydroxylation is 1. The van der Waals surface area contributed by atoms with Crippen LogP contribution in [-0.2, 0) is 0 Å². The molecule has 0 amide bonds. The fourth-order valence-electron chi connectivity index (χ4n) is 1.44. The van der Waals surface area contributed by atoms with Crippen molar-refractivity contribution in [2.45, 2.75) is 13.5 Å². The Labute approximate surface area is 111 Å². The van der Waals surface area contributed by atoms with Crippen LogP contribution in [0.1, 0.15) is 5.69 Å². The van der Waals surface area contributed by atoms with E-state index in [1.807, 2.05) is 6.92 Å². The van der Waals surface area contributed by atoms with E-state index in [1.165, 1.54) is 12.1 Å². The first-order chi connectivity index (χ1) is 8.54. The van der Waals surface area contributed by atoms with Gasteiger partial charge in [0.05, 0.1) is 0 Å². The van der Waals surface area contributed by atoms with Gasteiger partial charge in [-0.2, -0.15) is 8.78 Å². The molecule has 0 bridgehead atoms. The van der Waals surface area contributed by atoms with Crippen molar-refractivity contribution in [3.63, 3.8) is 0 Å². The molecule has 0 saturated carbocycles. The van der Waals surface area contributed by atoms with E-state index in [0.29, 0.717) is 10.4 Å². The van der Waals surface area contributed by atoms with Gasteiger partial charge in [-0.3, -0.25) is 0 Å². The molecule has 0 aliphatic rings. The van der Waals surface area contributed by atoms with Crippen molar-refractivity contribution in [1.82, 2.24) is 9.97 Å². The average Bonchev–Trinajstić information content (AvgIpc) is 2.27. The molecule has 2 aromatic rings. The maximum absolute atomic E-state index is 12.0. The zero-order valence-electron chi connectivity index (χ0n) is 9.40. The van der Waals surface area contributed by atoms with E-state index < -0.39 is 6.61 Å². The molecule has 1 aromatic heterocycles. The first kappa shape index (κ1) is 12.9. The standard InChI is InChI=1S/C12H9BrF2N2O/c1-7-6-10(13)17-11(16-7)8-2-4-9(5-3-8)18-12(14)15/h2-6,12H,1H3. The monoisotopic (exact) mass is 314 g/mol. The maximum atomic E-state index is 12.0. The number of hydrogen-bond donors (Lipinski definition) is 0. The highest BCUT2D eigenvalue weighted by Gasteiger charge is 2.06. The van der Waals surface area contributed by atoms with Gasteiger partial charge in [0.25, 0.3) is 0 Å². The summed E-state index contributed by atoms with van der Waals surface area (Å²) in [7, 11) is 0. The molecule has 0 atom stereocenters. The number of alkyl halides is 2. The van der Waals surface area contributed by atoms with Crippen molar-refractivity contribution in [2.75, 3.05) is 0 Å². The van der Waals surface area contributed by atoms with E-state index >= 15 is 0 Å². The summed E-state index contributed by atoms with van der Waals surface area (Å²) in [5.41, 5.74) is 1.56. The molecule has 1 heterocycles. The van der Waals surface area contributed by atoms with Crippen LogP contribution in [0.2, 0.25) is 0 Å². The van der Waals surface area contributed by atoms with Crippen LogP contribution in [0, 0.1) is 6.92 Å². The molecule has 0 fully saturated rings. The molecule has 0 saturated heterocycles. The number of aromatic nitrogens is 2. The van der Waals surface area contributed by atoms with Crippen LogP contribution in [-0.4, -0.2) is 16.6 Å². The lowest BCUT2D eigenvalue weighted by Crippen LogP contribution is -2.01. The Morgan fingerprint density at radius 3 is 2.39 bits per heavy atom. The second kappa shape index (κ2) is 5.39. The van der Waals surface area contributed by atoms with Gasteiger partial charge in [-0.05, 0) is 53.2 Å². The van der Waals surface area contributed by atoms with E-state index in [2.05, 4.69) is 30.6 Å². The first-order valence-corrected chi connectivity index (χ1v) is 5.90. The van der Waals surface area contributed by atoms with Gasteiger partial charge in [0.2, 0.25) is 0 Å². The number of rotatable bonds is 3. The SMILES string of the molecule is Cc1cc(Br)nc(-c2ccc(OC(F)F)cc2)n1. The molecule has 1 aromatic carbocycles. The molecule has 0 N–H and O–H groups in total. The van der Waals surface area contributed by atoms with Gasteiger partial charge in [0.15, 0.2) is 5.82 Å². The van der Waals surface area contributed by atoms with Crippen LogP contribution < -0.4 is 4.74 Å². The number of ether oxygens (including phenoxy) is 1. The third kappa shape index (κ3) is 3.22. The van der Waals surface area contributed by atoms with Crippen molar-refractivity contribution in [1.29, 1.82) is 0 Å². The van der Waals surface area contributed by atoms with Gasteiger partial charge in [0, 0.05) is 11.3 Å². The Kier molecular flexibility index (Phi) is 3.86. The van der Waals surface area contributed by atoms with E-state index in [0.717, 1.165) is 11.3 Å². The molecular formula is C12H9BrF2N2O. The molecule has 0 spiro atoms. The predicted octanol–water partition coefficient (Wildman–Crippen LogP) is 3.82. The lowest BCUT2D eigenvalue weighted by atomic mass is 10.2. The third-order valence-electron chi connectivity index (χ3n) is 2.16. The zero-order valence-corrected chi connectivity index (χ0v) is 11.0. The van der Waals surface area contributed by atoms with Crippen molar-refractivity contribution in [3.05, 3.63) is 40.6 Å². The lowest BCUT2D eigenvalue weighted by molar-refractivity contribution is -0.0498. The van der Waals surface area contributed by atoms with Gasteiger partial charge in [-0.1, -0.05) is 0 Å². The summed E-state index contributed by atoms with van der Waals surface area (Å²) < 4.78 is 28.9. The Bertz CT molecular complexity index is 526. The number of hydrogen-bond acceptors (Lipinski definition) is 3. The molecule has 3 nitrogen and oxygen atoms in total. The molecule has 6 heteroatoms. The minimum atomic E-state index is -2.82. The van der Waals surface area contributed by atoms with Crippen LogP contribution in [0.5, 0.6) is 5.75 Å². The molecule has 0 aliphatic heterocycles. The Morgan fingerprint density at radius 1 is 1.17 bits per heavy atom. The zero-order chi connectivity index (χ0) is 13.1. The summed E-state index contributed by atoms with van der Waals surface area (Å²) in [4.78, 5) is 8.48. The minimum absolute atomic E-state index is 0.112. The molecule has 0 unspecified atom stereocenters. The highest BCUT2D eigenvalue weighted by Crippen LogP contribution is 2.22. The summed E-state index contributed by atoms with van der Waals surface area (Å²) in [5, 5.41) is 0. The second-order valence-electron chi connectivity index (χ2n) is 3.56. The molecule has 0 radical (unpaired) electrons. The molecule has 0 aliphatic carbocycles. The molecular weight excluding hydrogens is 306 g/mol. The van der Waals surface area contributed by atoms with Crippen LogP contribution in [0.15, 0.2) is 34.9 Å². The quantitative estimate of drug-likeness (QED) is 0.808. The van der Waals surface area contributed by atoms with Crippen LogP contribution >= 0.6 is 15.9 Å². The summed E-state index contributed by atoms with van der Waals surface area (Å²) in [6, 6.07) is 7.98. The predicted molar refractivity (Wildman–Crippen MR) is 66.5 cm³/mol. The smallest absolute Gasteiger partial charge is 0.387 e. The normalized spacial score (nSPS) is 10.7. The van der Waals surface area contributed by atoms with Gasteiger partial charge in [0.1, 0.15) is 10.4 Å².